The SMILES string of the molecule is CCNCc1ccc(Oc2ccc(C)cc2Br)c(C#N)c1. The Balaban J connectivity index is 2.25. The first kappa shape index (κ1) is 15.6. The van der Waals surface area contributed by atoms with Crippen molar-refractivity contribution in [3.63, 3.8) is 0 Å². The second kappa shape index (κ2) is 7.26. The maximum absolute atomic E-state index is 9.30. The van der Waals surface area contributed by atoms with Gasteiger partial charge in [-0.15, -0.1) is 0 Å². The maximum atomic E-state index is 9.30. The molecule has 0 fully saturated rings. The monoisotopic (exact) mass is 344 g/mol. The second-order valence-electron chi connectivity index (χ2n) is 4.76. The van der Waals surface area contributed by atoms with E-state index in [1.165, 1.54) is 0 Å². The van der Waals surface area contributed by atoms with Gasteiger partial charge in [0.2, 0.25) is 0 Å². The molecule has 0 bridgehead atoms. The van der Waals surface area contributed by atoms with Crippen molar-refractivity contribution in [2.24, 2.45) is 0 Å². The molecule has 0 aliphatic rings. The summed E-state index contributed by atoms with van der Waals surface area (Å²) in [4.78, 5) is 0. The first-order valence-corrected chi connectivity index (χ1v) is 7.61. The number of benzene rings is 2. The molecule has 0 aliphatic carbocycles. The van der Waals surface area contributed by atoms with Crippen LogP contribution < -0.4 is 10.1 Å². The maximum Gasteiger partial charge on any atom is 0.145 e. The Bertz CT molecular complexity index is 677. The van der Waals surface area contributed by atoms with Crippen molar-refractivity contribution in [2.45, 2.75) is 20.4 Å². The number of halogens is 1. The Labute approximate surface area is 133 Å². The summed E-state index contributed by atoms with van der Waals surface area (Å²) in [6.45, 7) is 5.72. The smallest absolute Gasteiger partial charge is 0.145 e. The van der Waals surface area contributed by atoms with Crippen molar-refractivity contribution in [3.05, 3.63) is 57.6 Å². The van der Waals surface area contributed by atoms with E-state index in [1.54, 1.807) is 0 Å². The van der Waals surface area contributed by atoms with Gasteiger partial charge in [-0.25, -0.2) is 0 Å². The van der Waals surface area contributed by atoms with Crippen LogP contribution in [0.1, 0.15) is 23.6 Å². The van der Waals surface area contributed by atoms with E-state index in [-0.39, 0.29) is 0 Å². The van der Waals surface area contributed by atoms with Gasteiger partial charge in [0.15, 0.2) is 0 Å². The standard InChI is InChI=1S/C17H17BrN2O/c1-3-20-11-13-5-7-16(14(9-13)10-19)21-17-6-4-12(2)8-15(17)18/h4-9,20H,3,11H2,1-2H3. The van der Waals surface area contributed by atoms with E-state index in [9.17, 15) is 5.26 Å². The molecule has 2 rings (SSSR count). The molecule has 2 aromatic carbocycles. The summed E-state index contributed by atoms with van der Waals surface area (Å²) >= 11 is 3.48. The average Bonchev–Trinajstić information content (AvgIpc) is 2.48. The van der Waals surface area contributed by atoms with Crippen molar-refractivity contribution in [1.82, 2.24) is 5.32 Å². The first-order chi connectivity index (χ1) is 10.1. The lowest BCUT2D eigenvalue weighted by Crippen LogP contribution is -2.11. The Morgan fingerprint density at radius 2 is 1.95 bits per heavy atom. The lowest BCUT2D eigenvalue weighted by molar-refractivity contribution is 0.477. The lowest BCUT2D eigenvalue weighted by atomic mass is 10.1. The summed E-state index contributed by atoms with van der Waals surface area (Å²) < 4.78 is 6.73. The van der Waals surface area contributed by atoms with Crippen molar-refractivity contribution >= 4 is 15.9 Å². The van der Waals surface area contributed by atoms with Crippen molar-refractivity contribution in [1.29, 1.82) is 5.26 Å². The van der Waals surface area contributed by atoms with Crippen LogP contribution in [0.5, 0.6) is 11.5 Å². The summed E-state index contributed by atoms with van der Waals surface area (Å²) in [6.07, 6.45) is 0. The third-order valence-corrected chi connectivity index (χ3v) is 3.67. The van der Waals surface area contributed by atoms with Gasteiger partial charge in [-0.05, 0) is 64.8 Å². The molecule has 21 heavy (non-hydrogen) atoms. The van der Waals surface area contributed by atoms with Gasteiger partial charge in [0.05, 0.1) is 10.0 Å². The highest BCUT2D eigenvalue weighted by molar-refractivity contribution is 9.10. The quantitative estimate of drug-likeness (QED) is 0.866. The van der Waals surface area contributed by atoms with Gasteiger partial charge in [-0.2, -0.15) is 5.26 Å². The van der Waals surface area contributed by atoms with E-state index in [4.69, 9.17) is 4.74 Å². The molecule has 0 saturated carbocycles. The van der Waals surface area contributed by atoms with Gasteiger partial charge in [-0.3, -0.25) is 0 Å². The van der Waals surface area contributed by atoms with Crippen LogP contribution in [-0.2, 0) is 6.54 Å². The normalized spacial score (nSPS) is 10.2. The zero-order valence-electron chi connectivity index (χ0n) is 12.1. The number of nitrogens with one attached hydrogen (secondary N) is 1. The van der Waals surface area contributed by atoms with Gasteiger partial charge < -0.3 is 10.1 Å². The molecule has 0 atom stereocenters. The van der Waals surface area contributed by atoms with Crippen molar-refractivity contribution in [2.75, 3.05) is 6.54 Å². The number of nitriles is 1. The molecule has 0 unspecified atom stereocenters. The van der Waals surface area contributed by atoms with Gasteiger partial charge in [0.1, 0.15) is 17.6 Å². The number of rotatable bonds is 5. The van der Waals surface area contributed by atoms with Crippen LogP contribution in [0, 0.1) is 18.3 Å². The van der Waals surface area contributed by atoms with Crippen LogP contribution in [-0.4, -0.2) is 6.54 Å². The second-order valence-corrected chi connectivity index (χ2v) is 5.61. The molecular formula is C17H17BrN2O. The Kier molecular flexibility index (Phi) is 5.38. The van der Waals surface area contributed by atoms with E-state index < -0.39 is 0 Å². The Morgan fingerprint density at radius 3 is 2.62 bits per heavy atom. The highest BCUT2D eigenvalue weighted by Crippen LogP contribution is 2.32. The molecule has 108 valence electrons. The largest absolute Gasteiger partial charge is 0.455 e. The van der Waals surface area contributed by atoms with E-state index in [0.717, 1.165) is 28.7 Å². The van der Waals surface area contributed by atoms with E-state index >= 15 is 0 Å². The number of hydrogen-bond acceptors (Lipinski definition) is 3. The Morgan fingerprint density at radius 1 is 1.19 bits per heavy atom. The van der Waals surface area contributed by atoms with Crippen LogP contribution in [0.2, 0.25) is 0 Å². The van der Waals surface area contributed by atoms with Crippen molar-refractivity contribution < 1.29 is 4.74 Å². The molecule has 0 saturated heterocycles. The van der Waals surface area contributed by atoms with Gasteiger partial charge in [-0.1, -0.05) is 19.1 Å². The summed E-state index contributed by atoms with van der Waals surface area (Å²) in [6, 6.07) is 13.7. The zero-order chi connectivity index (χ0) is 15.2. The van der Waals surface area contributed by atoms with Crippen LogP contribution in [0.25, 0.3) is 0 Å². The molecule has 3 nitrogen and oxygen atoms in total. The van der Waals surface area contributed by atoms with Crippen molar-refractivity contribution in [3.8, 4) is 17.6 Å². The molecule has 1 N–H and O–H groups in total. The molecule has 4 heteroatoms. The summed E-state index contributed by atoms with van der Waals surface area (Å²) in [5, 5.41) is 12.5. The van der Waals surface area contributed by atoms with Gasteiger partial charge >= 0.3 is 0 Å². The summed E-state index contributed by atoms with van der Waals surface area (Å²) in [7, 11) is 0. The summed E-state index contributed by atoms with van der Waals surface area (Å²) in [5.74, 6) is 1.28. The third-order valence-electron chi connectivity index (χ3n) is 3.05. The highest BCUT2D eigenvalue weighted by Gasteiger charge is 2.08. The molecule has 0 aliphatic heterocycles. The predicted octanol–water partition coefficient (Wildman–Crippen LogP) is 4.53. The predicted molar refractivity (Wildman–Crippen MR) is 87.5 cm³/mol. The summed E-state index contributed by atoms with van der Waals surface area (Å²) in [5.41, 5.74) is 2.76. The highest BCUT2D eigenvalue weighted by atomic mass is 79.9. The average molecular weight is 345 g/mol. The number of aryl methyl sites for hydroxylation is 1. The first-order valence-electron chi connectivity index (χ1n) is 6.81. The van der Waals surface area contributed by atoms with E-state index in [1.807, 2.05) is 43.3 Å². The Hall–Kier alpha value is -1.83. The fraction of sp³-hybridized carbons (Fsp3) is 0.235. The minimum atomic E-state index is 0.540. The number of nitrogens with zero attached hydrogens (tertiary/aromatic N) is 1. The molecule has 2 aromatic rings. The molecule has 0 aromatic heterocycles. The fourth-order valence-corrected chi connectivity index (χ4v) is 2.51. The molecule has 0 heterocycles. The van der Waals surface area contributed by atoms with E-state index in [2.05, 4.69) is 34.2 Å². The third kappa shape index (κ3) is 4.07. The van der Waals surface area contributed by atoms with Crippen LogP contribution >= 0.6 is 15.9 Å². The molecular weight excluding hydrogens is 328 g/mol. The number of ether oxygens (including phenoxy) is 1. The van der Waals surface area contributed by atoms with Gasteiger partial charge in [0, 0.05) is 6.54 Å². The van der Waals surface area contributed by atoms with Crippen LogP contribution in [0.15, 0.2) is 40.9 Å². The van der Waals surface area contributed by atoms with Crippen LogP contribution in [0.4, 0.5) is 0 Å². The van der Waals surface area contributed by atoms with Crippen LogP contribution in [0.3, 0.4) is 0 Å². The van der Waals surface area contributed by atoms with E-state index in [0.29, 0.717) is 17.1 Å². The topological polar surface area (TPSA) is 45.0 Å². The minimum absolute atomic E-state index is 0.540. The number of hydrogen-bond donors (Lipinski definition) is 1. The molecule has 0 amide bonds. The molecule has 0 spiro atoms. The molecule has 0 radical (unpaired) electrons. The fourth-order valence-electron chi connectivity index (χ4n) is 1.94. The lowest BCUT2D eigenvalue weighted by Gasteiger charge is -2.11. The zero-order valence-corrected chi connectivity index (χ0v) is 13.7. The van der Waals surface area contributed by atoms with Gasteiger partial charge in [0.25, 0.3) is 0 Å². The minimum Gasteiger partial charge on any atom is -0.455 e.